The zero-order chi connectivity index (χ0) is 32.8. The van der Waals surface area contributed by atoms with E-state index in [4.69, 9.17) is 11.6 Å². The van der Waals surface area contributed by atoms with Crippen LogP contribution in [0.3, 0.4) is 0 Å². The topological polar surface area (TPSA) is 112 Å². The molecule has 13 heteroatoms. The molecule has 0 aliphatic rings. The van der Waals surface area contributed by atoms with Gasteiger partial charge in [-0.05, 0) is 63.8 Å². The Morgan fingerprint density at radius 1 is 1.16 bits per heavy atom. The molecule has 5 rings (SSSR count). The third-order valence-electron chi connectivity index (χ3n) is 7.05. The highest BCUT2D eigenvalue weighted by atomic mass is 35.5. The smallest absolute Gasteiger partial charge is 0.416 e. The number of carboxylic acid groups (broad SMARTS) is 1. The zero-order valence-corrected chi connectivity index (χ0v) is 25.9. The summed E-state index contributed by atoms with van der Waals surface area (Å²) in [6.07, 6.45) is -4.76. The van der Waals surface area contributed by atoms with Gasteiger partial charge in [-0.1, -0.05) is 23.4 Å². The Labute approximate surface area is 264 Å². The number of thiophene rings is 1. The predicted octanol–water partition coefficient (Wildman–Crippen LogP) is 6.65. The highest BCUT2D eigenvalue weighted by Gasteiger charge is 2.36. The number of nitrogens with zero attached hydrogens (tertiary/aromatic N) is 5. The fraction of sp³-hybridized carbons (Fsp3) is 0.219. The van der Waals surface area contributed by atoms with Gasteiger partial charge in [0.25, 0.3) is 5.56 Å². The summed E-state index contributed by atoms with van der Waals surface area (Å²) < 4.78 is 43.8. The fourth-order valence-corrected chi connectivity index (χ4v) is 6.31. The van der Waals surface area contributed by atoms with Crippen LogP contribution in [0.2, 0.25) is 5.02 Å². The van der Waals surface area contributed by atoms with Gasteiger partial charge in [-0.2, -0.15) is 18.4 Å². The predicted molar refractivity (Wildman–Crippen MR) is 166 cm³/mol. The van der Waals surface area contributed by atoms with Gasteiger partial charge in [0.15, 0.2) is 0 Å². The van der Waals surface area contributed by atoms with Crippen LogP contribution in [-0.2, 0) is 19.3 Å². The van der Waals surface area contributed by atoms with Crippen molar-refractivity contribution in [3.63, 3.8) is 0 Å². The number of carbonyl (C=O) groups is 1. The quantitative estimate of drug-likeness (QED) is 0.212. The molecule has 0 saturated carbocycles. The molecule has 0 aliphatic carbocycles. The Morgan fingerprint density at radius 2 is 1.89 bits per heavy atom. The molecule has 5 aromatic rings. The van der Waals surface area contributed by atoms with Gasteiger partial charge in [-0.3, -0.25) is 14.3 Å². The number of aryl methyl sites for hydroxylation is 2. The summed E-state index contributed by atoms with van der Waals surface area (Å²) >= 11 is 7.58. The standard InChI is InChI=1S/C32H23ClF3N5O3S/c1-16-10-21(29-28(38-16)24(15-45-29)31(43)44)20-11-19(33)8-7-18(20)6-5-9-41-17(2)39-26-12-25(32(34,35)36)23(14-40(3)4)22(13-37)27(26)30(41)42/h7-8,10-12,15H,9,14H2,1-4H3,(H,43,44). The van der Waals surface area contributed by atoms with Gasteiger partial charge in [0.2, 0.25) is 0 Å². The first-order valence-electron chi connectivity index (χ1n) is 13.3. The molecule has 45 heavy (non-hydrogen) atoms. The van der Waals surface area contributed by atoms with Gasteiger partial charge in [0, 0.05) is 39.3 Å². The average Bonchev–Trinajstić information content (AvgIpc) is 3.38. The molecule has 0 spiro atoms. The van der Waals surface area contributed by atoms with Crippen molar-refractivity contribution in [2.45, 2.75) is 33.1 Å². The Morgan fingerprint density at radius 3 is 2.53 bits per heavy atom. The maximum Gasteiger partial charge on any atom is 0.416 e. The number of alkyl halides is 3. The van der Waals surface area contributed by atoms with E-state index in [1.165, 1.54) is 33.1 Å². The lowest BCUT2D eigenvalue weighted by atomic mass is 9.96. The number of aromatic carboxylic acids is 1. The SMILES string of the molecule is Cc1cc(-c2cc(Cl)ccc2C#CCn2c(C)nc3cc(C(F)(F)F)c(CN(C)C)c(C#N)c3c2=O)c2scc(C(=O)O)c2n1. The van der Waals surface area contributed by atoms with Crippen LogP contribution < -0.4 is 5.56 Å². The lowest BCUT2D eigenvalue weighted by molar-refractivity contribution is -0.138. The highest BCUT2D eigenvalue weighted by Crippen LogP contribution is 2.38. The van der Waals surface area contributed by atoms with Gasteiger partial charge in [0.05, 0.1) is 44.4 Å². The lowest BCUT2D eigenvalue weighted by Gasteiger charge is -2.19. The molecule has 228 valence electrons. The molecule has 0 radical (unpaired) electrons. The number of benzene rings is 2. The minimum atomic E-state index is -4.76. The summed E-state index contributed by atoms with van der Waals surface area (Å²) in [6, 6.07) is 9.50. The first kappa shape index (κ1) is 31.7. The summed E-state index contributed by atoms with van der Waals surface area (Å²) in [5, 5.41) is 21.3. The summed E-state index contributed by atoms with van der Waals surface area (Å²) in [7, 11) is 3.14. The molecule has 8 nitrogen and oxygen atoms in total. The van der Waals surface area contributed by atoms with E-state index >= 15 is 0 Å². The largest absolute Gasteiger partial charge is 0.478 e. The Kier molecular flexibility index (Phi) is 8.43. The van der Waals surface area contributed by atoms with E-state index in [1.807, 2.05) is 12.1 Å². The number of carboxylic acids is 1. The Hall–Kier alpha value is -4.75. The molecule has 0 bridgehead atoms. The van der Waals surface area contributed by atoms with Crippen LogP contribution in [0.1, 0.15) is 44.1 Å². The van der Waals surface area contributed by atoms with Gasteiger partial charge >= 0.3 is 12.1 Å². The first-order chi connectivity index (χ1) is 21.2. The average molecular weight is 650 g/mol. The van der Waals surface area contributed by atoms with Gasteiger partial charge in [-0.25, -0.2) is 9.78 Å². The number of halogens is 4. The molecule has 1 N–H and O–H groups in total. The van der Waals surface area contributed by atoms with E-state index in [-0.39, 0.29) is 46.5 Å². The first-order valence-corrected chi connectivity index (χ1v) is 14.6. The van der Waals surface area contributed by atoms with Crippen molar-refractivity contribution in [1.82, 2.24) is 19.4 Å². The van der Waals surface area contributed by atoms with E-state index < -0.39 is 23.3 Å². The molecular formula is C32H23ClF3N5O3S. The summed E-state index contributed by atoms with van der Waals surface area (Å²) in [5.41, 5.74) is 0.299. The van der Waals surface area contributed by atoms with E-state index in [0.29, 0.717) is 37.6 Å². The van der Waals surface area contributed by atoms with Gasteiger partial charge in [0.1, 0.15) is 11.9 Å². The van der Waals surface area contributed by atoms with Crippen LogP contribution >= 0.6 is 22.9 Å². The van der Waals surface area contributed by atoms with Crippen LogP contribution in [0.25, 0.3) is 32.2 Å². The fourth-order valence-electron chi connectivity index (χ4n) is 5.12. The minimum absolute atomic E-state index is 0.0844. The third-order valence-corrected chi connectivity index (χ3v) is 8.29. The minimum Gasteiger partial charge on any atom is -0.478 e. The van der Waals surface area contributed by atoms with E-state index in [2.05, 4.69) is 21.8 Å². The molecule has 2 aromatic carbocycles. The molecule has 0 amide bonds. The van der Waals surface area contributed by atoms with E-state index in [0.717, 1.165) is 6.07 Å². The summed E-state index contributed by atoms with van der Waals surface area (Å²) in [6.45, 7) is 2.86. The number of fused-ring (bicyclic) bond motifs is 2. The van der Waals surface area contributed by atoms with Crippen molar-refractivity contribution >= 4 is 50.0 Å². The second kappa shape index (κ2) is 12.0. The number of nitriles is 1. The number of rotatable bonds is 5. The number of aromatic nitrogens is 3. The van der Waals surface area contributed by atoms with Crippen molar-refractivity contribution in [3.8, 4) is 29.0 Å². The molecular weight excluding hydrogens is 627 g/mol. The Balaban J connectivity index is 1.64. The number of hydrogen-bond acceptors (Lipinski definition) is 7. The van der Waals surface area contributed by atoms with E-state index in [9.17, 15) is 33.1 Å². The number of hydrogen-bond donors (Lipinski definition) is 1. The van der Waals surface area contributed by atoms with E-state index in [1.54, 1.807) is 39.2 Å². The third kappa shape index (κ3) is 6.00. The van der Waals surface area contributed by atoms with Crippen molar-refractivity contribution in [1.29, 1.82) is 5.26 Å². The Bertz CT molecular complexity index is 2200. The molecule has 0 saturated heterocycles. The van der Waals surface area contributed by atoms with Crippen LogP contribution in [0.4, 0.5) is 13.2 Å². The second-order valence-electron chi connectivity index (χ2n) is 10.5. The van der Waals surface area contributed by atoms with Crippen molar-refractivity contribution in [2.24, 2.45) is 0 Å². The molecule has 0 atom stereocenters. The van der Waals surface area contributed by atoms with Gasteiger partial charge < -0.3 is 10.0 Å². The lowest BCUT2D eigenvalue weighted by Crippen LogP contribution is -2.26. The molecule has 0 fully saturated rings. The normalized spacial score (nSPS) is 11.6. The van der Waals surface area contributed by atoms with Gasteiger partial charge in [-0.15, -0.1) is 11.3 Å². The highest BCUT2D eigenvalue weighted by molar-refractivity contribution is 7.18. The van der Waals surface area contributed by atoms with Crippen molar-refractivity contribution in [2.75, 3.05) is 14.1 Å². The van der Waals surface area contributed by atoms with Crippen molar-refractivity contribution in [3.05, 3.63) is 90.4 Å². The van der Waals surface area contributed by atoms with Crippen LogP contribution in [0, 0.1) is 37.0 Å². The zero-order valence-electron chi connectivity index (χ0n) is 24.3. The maximum absolute atomic E-state index is 14.0. The molecule has 0 aliphatic heterocycles. The number of pyridine rings is 1. The molecule has 3 heterocycles. The maximum atomic E-state index is 14.0. The summed E-state index contributed by atoms with van der Waals surface area (Å²) in [4.78, 5) is 35.6. The molecule has 0 unspecified atom stereocenters. The van der Waals surface area contributed by atoms with Crippen LogP contribution in [-0.4, -0.2) is 44.6 Å². The van der Waals surface area contributed by atoms with Crippen LogP contribution in [0.15, 0.2) is 40.5 Å². The van der Waals surface area contributed by atoms with Crippen molar-refractivity contribution < 1.29 is 23.1 Å². The van der Waals surface area contributed by atoms with Crippen LogP contribution in [0.5, 0.6) is 0 Å². The monoisotopic (exact) mass is 649 g/mol. The summed E-state index contributed by atoms with van der Waals surface area (Å²) in [5.74, 6) is 5.04. The molecule has 3 aromatic heterocycles. The second-order valence-corrected chi connectivity index (χ2v) is 11.8.